The van der Waals surface area contributed by atoms with Gasteiger partial charge in [-0.05, 0) is 47.6 Å². The molecule has 0 atom stereocenters. The van der Waals surface area contributed by atoms with E-state index in [0.717, 1.165) is 26.1 Å². The Morgan fingerprint density at radius 2 is 1.93 bits per heavy atom. The second-order valence-electron chi connectivity index (χ2n) is 8.41. The Labute approximate surface area is 165 Å². The zero-order valence-corrected chi connectivity index (χ0v) is 17.5. The molecule has 1 aliphatic rings. The fraction of sp³-hybridized carbons (Fsp3) is 0.650. The maximum atomic E-state index is 13.0. The Kier molecular flexibility index (Phi) is 5.63. The van der Waals surface area contributed by atoms with Crippen LogP contribution in [0.1, 0.15) is 57.9 Å². The summed E-state index contributed by atoms with van der Waals surface area (Å²) in [5, 5.41) is 7.00. The number of hydrogen-bond donors (Lipinski definition) is 1. The molecule has 0 aromatic carbocycles. The van der Waals surface area contributed by atoms with E-state index in [1.54, 1.807) is 19.2 Å². The molecule has 2 aromatic heterocycles. The number of aromatic nitrogens is 2. The normalized spacial score (nSPS) is 16.5. The van der Waals surface area contributed by atoms with Crippen LogP contribution < -0.4 is 5.32 Å². The number of nitrogens with zero attached hydrogens (tertiary/aromatic N) is 3. The van der Waals surface area contributed by atoms with Crippen LogP contribution in [0.4, 0.5) is 5.88 Å². The number of ether oxygens (including phenoxy) is 1. The molecule has 0 aliphatic carbocycles. The van der Waals surface area contributed by atoms with E-state index < -0.39 is 11.0 Å². The van der Waals surface area contributed by atoms with Crippen molar-refractivity contribution < 1.29 is 18.5 Å². The van der Waals surface area contributed by atoms with E-state index in [1.807, 2.05) is 34.7 Å². The van der Waals surface area contributed by atoms with Crippen LogP contribution in [0.2, 0.25) is 0 Å². The van der Waals surface area contributed by atoms with Crippen LogP contribution in [0.25, 0.3) is 0 Å². The van der Waals surface area contributed by atoms with Crippen molar-refractivity contribution >= 4 is 11.8 Å². The molecule has 3 rings (SSSR count). The standard InChI is InChI=1S/C20H30N4O4/c1-13-21-12-16(27-13)19(2,3)15-11-17(28-23-15)22-18(25)20(4,5)24(6)14-7-9-26-10-8-14/h11-12,14H,7-10H2,1-6H3,(H,22,25). The van der Waals surface area contributed by atoms with Gasteiger partial charge in [0.1, 0.15) is 5.76 Å². The van der Waals surface area contributed by atoms with Gasteiger partial charge in [0, 0.05) is 32.2 Å². The van der Waals surface area contributed by atoms with Gasteiger partial charge in [-0.2, -0.15) is 0 Å². The number of anilines is 1. The first-order valence-electron chi connectivity index (χ1n) is 9.64. The Morgan fingerprint density at radius 1 is 1.25 bits per heavy atom. The van der Waals surface area contributed by atoms with Crippen molar-refractivity contribution in [3.8, 4) is 0 Å². The highest BCUT2D eigenvalue weighted by Crippen LogP contribution is 2.33. The van der Waals surface area contributed by atoms with Gasteiger partial charge < -0.3 is 13.7 Å². The number of carbonyl (C=O) groups is 1. The topological polar surface area (TPSA) is 93.6 Å². The van der Waals surface area contributed by atoms with Crippen LogP contribution in [0.5, 0.6) is 0 Å². The maximum absolute atomic E-state index is 13.0. The van der Waals surface area contributed by atoms with E-state index in [1.165, 1.54) is 0 Å². The SMILES string of the molecule is Cc1ncc(C(C)(C)c2cc(NC(=O)C(C)(C)N(C)C3CCOCC3)on2)o1. The molecule has 8 heteroatoms. The molecule has 0 bridgehead atoms. The predicted molar refractivity (Wildman–Crippen MR) is 104 cm³/mol. The van der Waals surface area contributed by atoms with Gasteiger partial charge in [-0.25, -0.2) is 4.98 Å². The summed E-state index contributed by atoms with van der Waals surface area (Å²) in [5.74, 6) is 1.46. The van der Waals surface area contributed by atoms with Crippen LogP contribution in [0.15, 0.2) is 21.2 Å². The highest BCUT2D eigenvalue weighted by atomic mass is 16.5. The van der Waals surface area contributed by atoms with Crippen LogP contribution in [-0.2, 0) is 14.9 Å². The first kappa shape index (κ1) is 20.5. The van der Waals surface area contributed by atoms with Crippen molar-refractivity contribution in [2.45, 2.75) is 64.5 Å². The summed E-state index contributed by atoms with van der Waals surface area (Å²) in [6.45, 7) is 11.0. The number of aryl methyl sites for hydroxylation is 1. The number of carbonyl (C=O) groups excluding carboxylic acids is 1. The van der Waals surface area contributed by atoms with E-state index in [4.69, 9.17) is 13.7 Å². The Balaban J connectivity index is 1.70. The average molecular weight is 390 g/mol. The lowest BCUT2D eigenvalue weighted by atomic mass is 9.87. The third-order valence-corrected chi connectivity index (χ3v) is 5.80. The number of amides is 1. The molecule has 154 valence electrons. The maximum Gasteiger partial charge on any atom is 0.246 e. The molecule has 1 N–H and O–H groups in total. The molecule has 2 aromatic rings. The van der Waals surface area contributed by atoms with E-state index in [0.29, 0.717) is 29.3 Å². The van der Waals surface area contributed by atoms with Crippen molar-refractivity contribution in [2.24, 2.45) is 0 Å². The second kappa shape index (κ2) is 7.67. The molecule has 0 spiro atoms. The summed E-state index contributed by atoms with van der Waals surface area (Å²) < 4.78 is 16.5. The van der Waals surface area contributed by atoms with Crippen molar-refractivity contribution in [1.29, 1.82) is 0 Å². The van der Waals surface area contributed by atoms with E-state index in [9.17, 15) is 4.79 Å². The average Bonchev–Trinajstić information content (AvgIpc) is 3.31. The summed E-state index contributed by atoms with van der Waals surface area (Å²) in [6.07, 6.45) is 3.53. The van der Waals surface area contributed by atoms with Gasteiger partial charge in [0.2, 0.25) is 11.8 Å². The van der Waals surface area contributed by atoms with E-state index in [2.05, 4.69) is 20.4 Å². The van der Waals surface area contributed by atoms with E-state index >= 15 is 0 Å². The monoisotopic (exact) mass is 390 g/mol. The molecule has 1 fully saturated rings. The molecule has 28 heavy (non-hydrogen) atoms. The van der Waals surface area contributed by atoms with Gasteiger partial charge in [-0.1, -0.05) is 5.16 Å². The lowest BCUT2D eigenvalue weighted by Gasteiger charge is -2.41. The highest BCUT2D eigenvalue weighted by molar-refractivity contribution is 5.96. The fourth-order valence-electron chi connectivity index (χ4n) is 3.36. The summed E-state index contributed by atoms with van der Waals surface area (Å²) in [7, 11) is 1.98. The largest absolute Gasteiger partial charge is 0.445 e. The summed E-state index contributed by atoms with van der Waals surface area (Å²) in [6, 6.07) is 2.05. The zero-order valence-electron chi connectivity index (χ0n) is 17.5. The lowest BCUT2D eigenvalue weighted by molar-refractivity contribution is -0.128. The van der Waals surface area contributed by atoms with Gasteiger partial charge in [-0.15, -0.1) is 0 Å². The van der Waals surface area contributed by atoms with Gasteiger partial charge in [0.05, 0.1) is 22.8 Å². The number of oxazole rings is 1. The third kappa shape index (κ3) is 3.98. The third-order valence-electron chi connectivity index (χ3n) is 5.80. The van der Waals surface area contributed by atoms with Crippen molar-refractivity contribution in [3.63, 3.8) is 0 Å². The minimum atomic E-state index is -0.702. The smallest absolute Gasteiger partial charge is 0.246 e. The molecule has 0 saturated carbocycles. The number of rotatable bonds is 6. The van der Waals surface area contributed by atoms with Crippen LogP contribution in [0, 0.1) is 6.92 Å². The molecule has 1 saturated heterocycles. The quantitative estimate of drug-likeness (QED) is 0.810. The first-order valence-corrected chi connectivity index (χ1v) is 9.64. The highest BCUT2D eigenvalue weighted by Gasteiger charge is 2.38. The van der Waals surface area contributed by atoms with Gasteiger partial charge in [0.15, 0.2) is 5.89 Å². The molecule has 1 amide bonds. The molecule has 0 radical (unpaired) electrons. The minimum absolute atomic E-state index is 0.141. The Morgan fingerprint density at radius 3 is 2.54 bits per heavy atom. The molecule has 3 heterocycles. The molecule has 8 nitrogen and oxygen atoms in total. The summed E-state index contributed by atoms with van der Waals surface area (Å²) in [5.41, 5.74) is -0.566. The van der Waals surface area contributed by atoms with Crippen molar-refractivity contribution in [3.05, 3.63) is 29.6 Å². The Bertz CT molecular complexity index is 818. The number of nitrogens with one attached hydrogen (secondary N) is 1. The molecular formula is C20H30N4O4. The molecule has 0 unspecified atom stereocenters. The zero-order chi connectivity index (χ0) is 20.5. The lowest BCUT2D eigenvalue weighted by Crippen LogP contribution is -2.55. The second-order valence-corrected chi connectivity index (χ2v) is 8.41. The molecular weight excluding hydrogens is 360 g/mol. The van der Waals surface area contributed by atoms with Gasteiger partial charge in [-0.3, -0.25) is 15.0 Å². The molecule has 1 aliphatic heterocycles. The Hall–Kier alpha value is -2.19. The van der Waals surface area contributed by atoms with Gasteiger partial charge >= 0.3 is 0 Å². The van der Waals surface area contributed by atoms with Crippen LogP contribution >= 0.6 is 0 Å². The first-order chi connectivity index (χ1) is 13.1. The number of hydrogen-bond acceptors (Lipinski definition) is 7. The summed E-state index contributed by atoms with van der Waals surface area (Å²) >= 11 is 0. The number of likely N-dealkylation sites (N-methyl/N-ethyl adjacent to an activating group) is 1. The van der Waals surface area contributed by atoms with Crippen molar-refractivity contribution in [1.82, 2.24) is 15.0 Å². The van der Waals surface area contributed by atoms with Crippen LogP contribution in [0.3, 0.4) is 0 Å². The summed E-state index contributed by atoms with van der Waals surface area (Å²) in [4.78, 5) is 19.2. The van der Waals surface area contributed by atoms with Gasteiger partial charge in [0.25, 0.3) is 0 Å². The van der Waals surface area contributed by atoms with Crippen molar-refractivity contribution in [2.75, 3.05) is 25.6 Å². The van der Waals surface area contributed by atoms with E-state index in [-0.39, 0.29) is 5.91 Å². The fourth-order valence-corrected chi connectivity index (χ4v) is 3.36. The predicted octanol–water partition coefficient (Wildman–Crippen LogP) is 3.12. The van der Waals surface area contributed by atoms with Crippen LogP contribution in [-0.4, -0.2) is 52.8 Å². The minimum Gasteiger partial charge on any atom is -0.445 e.